The van der Waals surface area contributed by atoms with Gasteiger partial charge in [0.2, 0.25) is 5.89 Å². The number of nitrogens with one attached hydrogen (secondary N) is 1. The lowest BCUT2D eigenvalue weighted by molar-refractivity contribution is 0.102. The Kier molecular flexibility index (Phi) is 5.22. The van der Waals surface area contributed by atoms with Gasteiger partial charge in [-0.1, -0.05) is 23.3 Å². The summed E-state index contributed by atoms with van der Waals surface area (Å²) in [4.78, 5) is 12.3. The molecular weight excluding hydrogens is 370 g/mol. The Morgan fingerprint density at radius 1 is 1.15 bits per heavy atom. The zero-order valence-corrected chi connectivity index (χ0v) is 15.5. The van der Waals surface area contributed by atoms with Crippen molar-refractivity contribution in [2.45, 2.75) is 11.3 Å². The van der Waals surface area contributed by atoms with Crippen LogP contribution in [0.1, 0.15) is 21.8 Å². The number of ether oxygens (including phenoxy) is 1. The molecule has 0 bridgehead atoms. The number of anilines is 1. The second-order valence-corrected chi connectivity index (χ2v) is 7.80. The summed E-state index contributed by atoms with van der Waals surface area (Å²) in [5.74, 6) is 0.536. The molecule has 8 nitrogen and oxygen atoms in total. The highest BCUT2D eigenvalue weighted by Crippen LogP contribution is 2.17. The van der Waals surface area contributed by atoms with Crippen LogP contribution in [0.4, 0.5) is 6.01 Å². The first kappa shape index (κ1) is 18.6. The largest absolute Gasteiger partial charge is 0.497 e. The summed E-state index contributed by atoms with van der Waals surface area (Å²) in [5.41, 5.74) is 1.12. The Hall–Kier alpha value is -3.20. The highest BCUT2D eigenvalue weighted by Gasteiger charge is 2.15. The highest BCUT2D eigenvalue weighted by molar-refractivity contribution is 7.90. The summed E-state index contributed by atoms with van der Waals surface area (Å²) in [6.07, 6.45) is 1.48. The third-order valence-corrected chi connectivity index (χ3v) is 4.84. The number of amides is 1. The first-order chi connectivity index (χ1) is 12.8. The molecule has 0 aliphatic carbocycles. The quantitative estimate of drug-likeness (QED) is 0.691. The van der Waals surface area contributed by atoms with Crippen molar-refractivity contribution < 1.29 is 22.4 Å². The second-order valence-electron chi connectivity index (χ2n) is 5.78. The van der Waals surface area contributed by atoms with E-state index in [-0.39, 0.29) is 16.5 Å². The smallest absolute Gasteiger partial charge is 0.322 e. The predicted molar refractivity (Wildman–Crippen MR) is 97.6 cm³/mol. The minimum absolute atomic E-state index is 0.0564. The van der Waals surface area contributed by atoms with Gasteiger partial charge in [0.05, 0.1) is 18.4 Å². The SMILES string of the molecule is COc1ccc(Cc2nnc(NC(=O)c3cccc(S(C)(=O)=O)c3)o2)cc1. The van der Waals surface area contributed by atoms with Crippen molar-refractivity contribution in [3.05, 3.63) is 65.5 Å². The van der Waals surface area contributed by atoms with E-state index in [1.165, 1.54) is 24.3 Å². The predicted octanol–water partition coefficient (Wildman–Crippen LogP) is 2.32. The lowest BCUT2D eigenvalue weighted by atomic mass is 10.1. The first-order valence-corrected chi connectivity index (χ1v) is 9.81. The summed E-state index contributed by atoms with van der Waals surface area (Å²) in [5, 5.41) is 10.2. The molecule has 0 saturated heterocycles. The third-order valence-electron chi connectivity index (χ3n) is 3.73. The fraction of sp³-hybridized carbons (Fsp3) is 0.167. The Morgan fingerprint density at radius 2 is 1.89 bits per heavy atom. The van der Waals surface area contributed by atoms with Crippen LogP contribution in [0.15, 0.2) is 57.8 Å². The molecule has 0 fully saturated rings. The van der Waals surface area contributed by atoms with Crippen molar-refractivity contribution in [2.24, 2.45) is 0 Å². The average Bonchev–Trinajstić information content (AvgIpc) is 3.08. The van der Waals surface area contributed by atoms with E-state index in [1.807, 2.05) is 24.3 Å². The normalized spacial score (nSPS) is 11.2. The maximum absolute atomic E-state index is 12.3. The molecule has 3 aromatic rings. The van der Waals surface area contributed by atoms with Crippen LogP contribution in [-0.2, 0) is 16.3 Å². The molecule has 0 aliphatic rings. The fourth-order valence-corrected chi connectivity index (χ4v) is 3.00. The second kappa shape index (κ2) is 7.58. The number of carbonyl (C=O) groups excluding carboxylic acids is 1. The van der Waals surface area contributed by atoms with Crippen LogP contribution in [0.5, 0.6) is 5.75 Å². The van der Waals surface area contributed by atoms with Crippen molar-refractivity contribution in [2.75, 3.05) is 18.7 Å². The number of hydrogen-bond acceptors (Lipinski definition) is 7. The van der Waals surface area contributed by atoms with Crippen LogP contribution in [0, 0.1) is 0 Å². The molecule has 1 heterocycles. The van der Waals surface area contributed by atoms with E-state index < -0.39 is 15.7 Å². The van der Waals surface area contributed by atoms with Gasteiger partial charge in [0, 0.05) is 11.8 Å². The average molecular weight is 387 g/mol. The van der Waals surface area contributed by atoms with Gasteiger partial charge in [-0.15, -0.1) is 5.10 Å². The van der Waals surface area contributed by atoms with Gasteiger partial charge in [-0.05, 0) is 35.9 Å². The summed E-state index contributed by atoms with van der Waals surface area (Å²) >= 11 is 0. The monoisotopic (exact) mass is 387 g/mol. The van der Waals surface area contributed by atoms with E-state index in [0.717, 1.165) is 17.6 Å². The molecule has 1 amide bonds. The van der Waals surface area contributed by atoms with Crippen molar-refractivity contribution in [1.82, 2.24) is 10.2 Å². The number of aromatic nitrogens is 2. The molecule has 0 unspecified atom stereocenters. The topological polar surface area (TPSA) is 111 Å². The Labute approximate surface area is 156 Å². The van der Waals surface area contributed by atoms with Crippen molar-refractivity contribution in [1.29, 1.82) is 0 Å². The molecule has 0 radical (unpaired) electrons. The Bertz CT molecular complexity index is 1060. The molecule has 140 valence electrons. The molecule has 0 atom stereocenters. The van der Waals surface area contributed by atoms with Crippen molar-refractivity contribution in [3.63, 3.8) is 0 Å². The van der Waals surface area contributed by atoms with Crippen LogP contribution in [0.3, 0.4) is 0 Å². The molecule has 1 N–H and O–H groups in total. The number of rotatable bonds is 6. The number of sulfone groups is 1. The zero-order chi connectivity index (χ0) is 19.4. The van der Waals surface area contributed by atoms with Crippen LogP contribution in [0.2, 0.25) is 0 Å². The van der Waals surface area contributed by atoms with Crippen molar-refractivity contribution >= 4 is 21.8 Å². The maximum atomic E-state index is 12.3. The number of methoxy groups -OCH3 is 1. The van der Waals surface area contributed by atoms with Crippen LogP contribution in [-0.4, -0.2) is 37.9 Å². The Morgan fingerprint density at radius 3 is 2.56 bits per heavy atom. The zero-order valence-electron chi connectivity index (χ0n) is 14.7. The minimum Gasteiger partial charge on any atom is -0.497 e. The summed E-state index contributed by atoms with van der Waals surface area (Å²) in [7, 11) is -1.82. The van der Waals surface area contributed by atoms with Gasteiger partial charge < -0.3 is 9.15 Å². The van der Waals surface area contributed by atoms with Gasteiger partial charge in [-0.3, -0.25) is 10.1 Å². The third kappa shape index (κ3) is 4.70. The van der Waals surface area contributed by atoms with E-state index in [4.69, 9.17) is 9.15 Å². The minimum atomic E-state index is -3.41. The maximum Gasteiger partial charge on any atom is 0.322 e. The standard InChI is InChI=1S/C18H17N3O5S/c1-25-14-8-6-12(7-9-14)10-16-20-21-18(26-16)19-17(22)13-4-3-5-15(11-13)27(2,23)24/h3-9,11H,10H2,1-2H3,(H,19,21,22). The molecule has 1 aromatic heterocycles. The van der Waals surface area contributed by atoms with E-state index in [2.05, 4.69) is 15.5 Å². The molecule has 0 aliphatic heterocycles. The molecule has 2 aromatic carbocycles. The van der Waals surface area contributed by atoms with Crippen LogP contribution >= 0.6 is 0 Å². The molecule has 0 saturated carbocycles. The number of nitrogens with zero attached hydrogens (tertiary/aromatic N) is 2. The summed E-state index contributed by atoms with van der Waals surface area (Å²) in [6.45, 7) is 0. The lowest BCUT2D eigenvalue weighted by Gasteiger charge is -2.03. The highest BCUT2D eigenvalue weighted by atomic mass is 32.2. The first-order valence-electron chi connectivity index (χ1n) is 7.92. The van der Waals surface area contributed by atoms with Gasteiger partial charge in [0.25, 0.3) is 5.91 Å². The van der Waals surface area contributed by atoms with Gasteiger partial charge in [0.1, 0.15) is 5.75 Å². The van der Waals surface area contributed by atoms with Gasteiger partial charge in [-0.2, -0.15) is 0 Å². The summed E-state index contributed by atoms with van der Waals surface area (Å²) in [6, 6.07) is 13.0. The lowest BCUT2D eigenvalue weighted by Crippen LogP contribution is -2.13. The van der Waals surface area contributed by atoms with Gasteiger partial charge in [-0.25, -0.2) is 8.42 Å². The van der Waals surface area contributed by atoms with E-state index in [1.54, 1.807) is 7.11 Å². The molecular formula is C18H17N3O5S. The van der Waals surface area contributed by atoms with Crippen molar-refractivity contribution in [3.8, 4) is 5.75 Å². The van der Waals surface area contributed by atoms with E-state index in [9.17, 15) is 13.2 Å². The number of hydrogen-bond donors (Lipinski definition) is 1. The fourth-order valence-electron chi connectivity index (χ4n) is 2.33. The number of carbonyl (C=O) groups is 1. The van der Waals surface area contributed by atoms with Gasteiger partial charge >= 0.3 is 6.01 Å². The van der Waals surface area contributed by atoms with Crippen LogP contribution in [0.25, 0.3) is 0 Å². The Balaban J connectivity index is 1.69. The van der Waals surface area contributed by atoms with E-state index >= 15 is 0 Å². The van der Waals surface area contributed by atoms with Gasteiger partial charge in [0.15, 0.2) is 9.84 Å². The molecule has 0 spiro atoms. The summed E-state index contributed by atoms with van der Waals surface area (Å²) < 4.78 is 33.7. The van der Waals surface area contributed by atoms with E-state index in [0.29, 0.717) is 12.3 Å². The molecule has 3 rings (SSSR count). The molecule has 27 heavy (non-hydrogen) atoms. The number of benzene rings is 2. The van der Waals surface area contributed by atoms with Crippen LogP contribution < -0.4 is 10.1 Å². The molecule has 9 heteroatoms.